The Morgan fingerprint density at radius 1 is 0.842 bits per heavy atom. The number of carbonyl (C=O) groups excluding carboxylic acids is 2. The molecule has 7 nitrogen and oxygen atoms in total. The van der Waals surface area contributed by atoms with Crippen LogP contribution in [0.25, 0.3) is 0 Å². The van der Waals surface area contributed by atoms with Crippen LogP contribution in [0.3, 0.4) is 0 Å². The molecule has 5 N–H and O–H groups in total. The first-order valence-corrected chi connectivity index (χ1v) is 6.54. The molecular formula is C12H23N3O4. The molecule has 0 spiro atoms. The molecule has 0 rings (SSSR count). The third kappa shape index (κ3) is 14.1. The van der Waals surface area contributed by atoms with E-state index in [4.69, 9.17) is 10.8 Å². The summed E-state index contributed by atoms with van der Waals surface area (Å²) in [6, 6.07) is -0.255. The number of aliphatic carboxylic acids is 1. The van der Waals surface area contributed by atoms with Gasteiger partial charge in [0.15, 0.2) is 0 Å². The van der Waals surface area contributed by atoms with Gasteiger partial charge in [-0.2, -0.15) is 0 Å². The van der Waals surface area contributed by atoms with Gasteiger partial charge < -0.3 is 21.5 Å². The van der Waals surface area contributed by atoms with Crippen molar-refractivity contribution in [2.24, 2.45) is 5.73 Å². The highest BCUT2D eigenvalue weighted by Gasteiger charge is 2.00. The summed E-state index contributed by atoms with van der Waals surface area (Å²) < 4.78 is 0. The second-order valence-corrected chi connectivity index (χ2v) is 4.31. The Morgan fingerprint density at radius 3 is 2.00 bits per heavy atom. The third-order valence-corrected chi connectivity index (χ3v) is 2.49. The van der Waals surface area contributed by atoms with Gasteiger partial charge in [0, 0.05) is 25.9 Å². The Hall–Kier alpha value is -1.79. The maximum absolute atomic E-state index is 11.2. The summed E-state index contributed by atoms with van der Waals surface area (Å²) in [5.74, 6) is -1.14. The minimum Gasteiger partial charge on any atom is -0.481 e. The Labute approximate surface area is 112 Å². The first kappa shape index (κ1) is 17.2. The van der Waals surface area contributed by atoms with E-state index in [9.17, 15) is 14.4 Å². The number of rotatable bonds is 11. The van der Waals surface area contributed by atoms with E-state index in [-0.39, 0.29) is 24.8 Å². The maximum Gasteiger partial charge on any atom is 0.314 e. The Kier molecular flexibility index (Phi) is 10.2. The zero-order valence-electron chi connectivity index (χ0n) is 11.1. The second-order valence-electron chi connectivity index (χ2n) is 4.31. The number of unbranched alkanes of at least 4 members (excludes halogenated alkanes) is 3. The molecular weight excluding hydrogens is 250 g/mol. The molecule has 19 heavy (non-hydrogen) atoms. The van der Waals surface area contributed by atoms with Crippen molar-refractivity contribution < 1.29 is 19.5 Å². The molecule has 0 unspecified atom stereocenters. The van der Waals surface area contributed by atoms with Gasteiger partial charge in [0.2, 0.25) is 5.91 Å². The standard InChI is InChI=1S/C12H23N3O4/c13-10(16)6-5-9-15-12(19)14-8-4-2-1-3-7-11(17)18/h1-9H2,(H2,13,16)(H,17,18)(H2,14,15,19). The molecule has 0 aromatic carbocycles. The zero-order valence-corrected chi connectivity index (χ0v) is 11.1. The van der Waals surface area contributed by atoms with Gasteiger partial charge in [0.1, 0.15) is 0 Å². The van der Waals surface area contributed by atoms with E-state index in [1.54, 1.807) is 0 Å². The lowest BCUT2D eigenvalue weighted by molar-refractivity contribution is -0.137. The average molecular weight is 273 g/mol. The van der Waals surface area contributed by atoms with Gasteiger partial charge in [-0.15, -0.1) is 0 Å². The molecule has 0 bridgehead atoms. The Morgan fingerprint density at radius 2 is 1.42 bits per heavy atom. The van der Waals surface area contributed by atoms with Crippen LogP contribution in [0.5, 0.6) is 0 Å². The fraction of sp³-hybridized carbons (Fsp3) is 0.750. The van der Waals surface area contributed by atoms with Crippen LogP contribution in [0.4, 0.5) is 4.79 Å². The first-order chi connectivity index (χ1) is 9.02. The number of nitrogens with one attached hydrogen (secondary N) is 2. The van der Waals surface area contributed by atoms with Crippen LogP contribution in [0, 0.1) is 0 Å². The largest absolute Gasteiger partial charge is 0.481 e. The molecule has 0 aliphatic heterocycles. The van der Waals surface area contributed by atoms with E-state index >= 15 is 0 Å². The summed E-state index contributed by atoms with van der Waals surface area (Å²) in [5.41, 5.74) is 4.96. The lowest BCUT2D eigenvalue weighted by Crippen LogP contribution is -2.36. The third-order valence-electron chi connectivity index (χ3n) is 2.49. The minimum absolute atomic E-state index is 0.202. The maximum atomic E-state index is 11.2. The van der Waals surface area contributed by atoms with Crippen molar-refractivity contribution in [3.8, 4) is 0 Å². The summed E-state index contributed by atoms with van der Waals surface area (Å²) in [4.78, 5) is 31.9. The molecule has 7 heteroatoms. The fourth-order valence-electron chi connectivity index (χ4n) is 1.48. The molecule has 0 saturated carbocycles. The fourth-order valence-corrected chi connectivity index (χ4v) is 1.48. The van der Waals surface area contributed by atoms with Crippen molar-refractivity contribution in [3.63, 3.8) is 0 Å². The number of hydrogen-bond donors (Lipinski definition) is 4. The highest BCUT2D eigenvalue weighted by atomic mass is 16.4. The van der Waals surface area contributed by atoms with Crippen molar-refractivity contribution in [2.45, 2.75) is 44.9 Å². The van der Waals surface area contributed by atoms with Gasteiger partial charge in [-0.25, -0.2) is 4.79 Å². The van der Waals surface area contributed by atoms with Gasteiger partial charge in [-0.1, -0.05) is 12.8 Å². The molecule has 0 heterocycles. The van der Waals surface area contributed by atoms with Crippen molar-refractivity contribution in [1.29, 1.82) is 0 Å². The number of carbonyl (C=O) groups is 3. The average Bonchev–Trinajstić information content (AvgIpc) is 2.33. The van der Waals surface area contributed by atoms with E-state index in [1.807, 2.05) is 0 Å². The zero-order chi connectivity index (χ0) is 14.5. The van der Waals surface area contributed by atoms with Crippen LogP contribution in [-0.4, -0.2) is 36.1 Å². The summed E-state index contributed by atoms with van der Waals surface area (Å²) >= 11 is 0. The molecule has 0 aliphatic rings. The summed E-state index contributed by atoms with van der Waals surface area (Å²) in [6.45, 7) is 0.988. The van der Waals surface area contributed by atoms with Gasteiger partial charge >= 0.3 is 12.0 Å². The SMILES string of the molecule is NC(=O)CCCNC(=O)NCCCCCCC(=O)O. The summed E-state index contributed by atoms with van der Waals surface area (Å²) in [6.07, 6.45) is 4.27. The highest BCUT2D eigenvalue weighted by Crippen LogP contribution is 2.01. The number of hydrogen-bond acceptors (Lipinski definition) is 3. The Balaban J connectivity index is 3.24. The number of carboxylic acid groups (broad SMARTS) is 1. The van der Waals surface area contributed by atoms with Gasteiger partial charge in [0.05, 0.1) is 0 Å². The van der Waals surface area contributed by atoms with Gasteiger partial charge in [-0.05, 0) is 19.3 Å². The van der Waals surface area contributed by atoms with Crippen LogP contribution in [-0.2, 0) is 9.59 Å². The number of nitrogens with two attached hydrogens (primary N) is 1. The normalized spacial score (nSPS) is 9.89. The van der Waals surface area contributed by atoms with Crippen LogP contribution >= 0.6 is 0 Å². The van der Waals surface area contributed by atoms with E-state index in [2.05, 4.69) is 10.6 Å². The van der Waals surface area contributed by atoms with E-state index in [0.29, 0.717) is 25.9 Å². The second kappa shape index (κ2) is 11.3. The van der Waals surface area contributed by atoms with Crippen LogP contribution in [0.2, 0.25) is 0 Å². The molecule has 0 aliphatic carbocycles. The summed E-state index contributed by atoms with van der Waals surface area (Å²) in [7, 11) is 0. The molecule has 3 amide bonds. The van der Waals surface area contributed by atoms with Crippen molar-refractivity contribution in [1.82, 2.24) is 10.6 Å². The van der Waals surface area contributed by atoms with Crippen molar-refractivity contribution in [2.75, 3.05) is 13.1 Å². The summed E-state index contributed by atoms with van der Waals surface area (Å²) in [5, 5.41) is 13.7. The van der Waals surface area contributed by atoms with E-state index in [0.717, 1.165) is 19.3 Å². The van der Waals surface area contributed by atoms with Crippen LogP contribution in [0.15, 0.2) is 0 Å². The number of primary amides is 1. The minimum atomic E-state index is -0.770. The van der Waals surface area contributed by atoms with E-state index in [1.165, 1.54) is 0 Å². The molecule has 0 saturated heterocycles. The molecule has 0 atom stereocenters. The smallest absolute Gasteiger partial charge is 0.314 e. The molecule has 110 valence electrons. The molecule has 0 aromatic heterocycles. The molecule has 0 aromatic rings. The Bertz CT molecular complexity index is 295. The monoisotopic (exact) mass is 273 g/mol. The predicted octanol–water partition coefficient (Wildman–Crippen LogP) is 0.586. The lowest BCUT2D eigenvalue weighted by atomic mass is 10.1. The lowest BCUT2D eigenvalue weighted by Gasteiger charge is -2.06. The van der Waals surface area contributed by atoms with Crippen LogP contribution < -0.4 is 16.4 Å². The first-order valence-electron chi connectivity index (χ1n) is 6.54. The number of urea groups is 1. The molecule has 0 radical (unpaired) electrons. The van der Waals surface area contributed by atoms with Crippen molar-refractivity contribution in [3.05, 3.63) is 0 Å². The van der Waals surface area contributed by atoms with Gasteiger partial charge in [-0.3, -0.25) is 9.59 Å². The number of amides is 3. The van der Waals surface area contributed by atoms with Crippen LogP contribution in [0.1, 0.15) is 44.9 Å². The predicted molar refractivity (Wildman–Crippen MR) is 70.6 cm³/mol. The van der Waals surface area contributed by atoms with E-state index < -0.39 is 5.97 Å². The van der Waals surface area contributed by atoms with Crippen molar-refractivity contribution >= 4 is 17.9 Å². The quantitative estimate of drug-likeness (QED) is 0.411. The van der Waals surface area contributed by atoms with Gasteiger partial charge in [0.25, 0.3) is 0 Å². The highest BCUT2D eigenvalue weighted by molar-refractivity contribution is 5.74. The topological polar surface area (TPSA) is 122 Å². The number of carboxylic acids is 1. The molecule has 0 fully saturated rings.